The first kappa shape index (κ1) is 18.9. The topological polar surface area (TPSA) is 55.1 Å². The lowest BCUT2D eigenvalue weighted by molar-refractivity contribution is 0.286. The Kier molecular flexibility index (Phi) is 6.45. The van der Waals surface area contributed by atoms with Gasteiger partial charge in [0.15, 0.2) is 11.5 Å². The van der Waals surface area contributed by atoms with Gasteiger partial charge in [0, 0.05) is 0 Å². The minimum atomic E-state index is 0.537. The summed E-state index contributed by atoms with van der Waals surface area (Å²) in [5.41, 5.74) is 2.32. The third-order valence-electron chi connectivity index (χ3n) is 4.15. The SMILES string of the molecule is CCCCCOc1ccc(/C=C(/C#N)c2nc3ccccc3s2)cc1OC. The second kappa shape index (κ2) is 9.20. The number of unbranched alkanes of at least 4 members (excludes halogenated alkanes) is 2. The van der Waals surface area contributed by atoms with Crippen molar-refractivity contribution >= 4 is 33.2 Å². The van der Waals surface area contributed by atoms with Gasteiger partial charge >= 0.3 is 0 Å². The van der Waals surface area contributed by atoms with Gasteiger partial charge in [-0.1, -0.05) is 38.0 Å². The van der Waals surface area contributed by atoms with Gasteiger partial charge in [-0.25, -0.2) is 4.98 Å². The van der Waals surface area contributed by atoms with Crippen LogP contribution in [0.1, 0.15) is 36.8 Å². The zero-order valence-corrected chi connectivity index (χ0v) is 16.4. The molecule has 0 amide bonds. The summed E-state index contributed by atoms with van der Waals surface area (Å²) in [6, 6.07) is 15.9. The summed E-state index contributed by atoms with van der Waals surface area (Å²) >= 11 is 1.52. The second-order valence-electron chi connectivity index (χ2n) is 6.12. The summed E-state index contributed by atoms with van der Waals surface area (Å²) in [5.74, 6) is 1.39. The Morgan fingerprint density at radius 1 is 1.19 bits per heavy atom. The van der Waals surface area contributed by atoms with E-state index in [1.165, 1.54) is 11.3 Å². The van der Waals surface area contributed by atoms with Gasteiger partial charge in [0.2, 0.25) is 0 Å². The first-order valence-electron chi connectivity index (χ1n) is 9.03. The number of ether oxygens (including phenoxy) is 2. The largest absolute Gasteiger partial charge is 0.493 e. The highest BCUT2D eigenvalue weighted by atomic mass is 32.1. The van der Waals surface area contributed by atoms with Crippen LogP contribution in [-0.2, 0) is 0 Å². The van der Waals surface area contributed by atoms with Gasteiger partial charge in [-0.3, -0.25) is 0 Å². The maximum Gasteiger partial charge on any atom is 0.161 e. The van der Waals surface area contributed by atoms with Crippen LogP contribution < -0.4 is 9.47 Å². The van der Waals surface area contributed by atoms with E-state index < -0.39 is 0 Å². The Hall–Kier alpha value is -2.84. The molecule has 1 heterocycles. The molecule has 0 fully saturated rings. The number of thiazole rings is 1. The number of hydrogen-bond acceptors (Lipinski definition) is 5. The molecule has 1 aromatic heterocycles. The van der Waals surface area contributed by atoms with Crippen molar-refractivity contribution in [1.82, 2.24) is 4.98 Å². The van der Waals surface area contributed by atoms with Crippen molar-refractivity contribution in [2.75, 3.05) is 13.7 Å². The normalized spacial score (nSPS) is 11.4. The van der Waals surface area contributed by atoms with Gasteiger partial charge in [-0.05, 0) is 42.3 Å². The Bertz CT molecular complexity index is 952. The fourth-order valence-electron chi connectivity index (χ4n) is 2.72. The average Bonchev–Trinajstić information content (AvgIpc) is 3.14. The third kappa shape index (κ3) is 4.66. The number of allylic oxidation sites excluding steroid dienone is 1. The van der Waals surface area contributed by atoms with Crippen LogP contribution in [0, 0.1) is 11.3 Å². The zero-order valence-electron chi connectivity index (χ0n) is 15.6. The molecule has 0 saturated carbocycles. The number of para-hydroxylation sites is 1. The Morgan fingerprint density at radius 3 is 2.78 bits per heavy atom. The van der Waals surface area contributed by atoms with Crippen molar-refractivity contribution in [3.8, 4) is 17.6 Å². The number of hydrogen-bond donors (Lipinski definition) is 0. The van der Waals surface area contributed by atoms with Crippen molar-refractivity contribution in [3.05, 3.63) is 53.0 Å². The van der Waals surface area contributed by atoms with Crippen molar-refractivity contribution in [1.29, 1.82) is 5.26 Å². The monoisotopic (exact) mass is 378 g/mol. The number of nitrogens with zero attached hydrogens (tertiary/aromatic N) is 2. The van der Waals surface area contributed by atoms with Crippen molar-refractivity contribution in [2.45, 2.75) is 26.2 Å². The summed E-state index contributed by atoms with van der Waals surface area (Å²) in [5, 5.41) is 10.3. The van der Waals surface area contributed by atoms with Crippen LogP contribution in [-0.4, -0.2) is 18.7 Å². The predicted molar refractivity (Wildman–Crippen MR) is 111 cm³/mol. The van der Waals surface area contributed by atoms with Crippen LogP contribution in [0.5, 0.6) is 11.5 Å². The van der Waals surface area contributed by atoms with Crippen LogP contribution in [0.3, 0.4) is 0 Å². The molecular formula is C22H22N2O2S. The summed E-state index contributed by atoms with van der Waals surface area (Å²) in [7, 11) is 1.63. The first-order valence-corrected chi connectivity index (χ1v) is 9.85. The summed E-state index contributed by atoms with van der Waals surface area (Å²) < 4.78 is 12.4. The van der Waals surface area contributed by atoms with Crippen molar-refractivity contribution in [2.24, 2.45) is 0 Å². The summed E-state index contributed by atoms with van der Waals surface area (Å²) in [6.45, 7) is 2.84. The van der Waals surface area contributed by atoms with Gasteiger partial charge in [0.1, 0.15) is 11.1 Å². The van der Waals surface area contributed by atoms with Gasteiger partial charge in [-0.2, -0.15) is 5.26 Å². The highest BCUT2D eigenvalue weighted by molar-refractivity contribution is 7.19. The number of rotatable bonds is 8. The number of aromatic nitrogens is 1. The van der Waals surface area contributed by atoms with Crippen LogP contribution in [0.4, 0.5) is 0 Å². The lowest BCUT2D eigenvalue weighted by atomic mass is 10.1. The molecule has 2 aromatic carbocycles. The molecule has 0 unspecified atom stereocenters. The molecule has 0 aliphatic carbocycles. The quantitative estimate of drug-likeness (QED) is 0.360. The van der Waals surface area contributed by atoms with E-state index in [0.29, 0.717) is 17.9 Å². The van der Waals surface area contributed by atoms with Gasteiger partial charge in [0.25, 0.3) is 0 Å². The smallest absolute Gasteiger partial charge is 0.161 e. The fourth-order valence-corrected chi connectivity index (χ4v) is 3.65. The summed E-state index contributed by atoms with van der Waals surface area (Å²) in [4.78, 5) is 4.57. The number of nitriles is 1. The predicted octanol–water partition coefficient (Wildman–Crippen LogP) is 5.94. The van der Waals surface area contributed by atoms with Crippen LogP contribution >= 0.6 is 11.3 Å². The molecule has 4 nitrogen and oxygen atoms in total. The molecule has 0 aliphatic heterocycles. The lowest BCUT2D eigenvalue weighted by Crippen LogP contribution is -1.99. The second-order valence-corrected chi connectivity index (χ2v) is 7.15. The Balaban J connectivity index is 1.84. The summed E-state index contributed by atoms with van der Waals surface area (Å²) in [6.07, 6.45) is 5.17. The van der Waals surface area contributed by atoms with Crippen LogP contribution in [0.25, 0.3) is 21.9 Å². The van der Waals surface area contributed by atoms with Gasteiger partial charge in [0.05, 0.1) is 29.5 Å². The lowest BCUT2D eigenvalue weighted by Gasteiger charge is -2.11. The molecule has 3 aromatic rings. The van der Waals surface area contributed by atoms with Crippen molar-refractivity contribution in [3.63, 3.8) is 0 Å². The van der Waals surface area contributed by atoms with E-state index in [2.05, 4.69) is 18.0 Å². The molecule has 0 bridgehead atoms. The van der Waals surface area contributed by atoms with E-state index in [4.69, 9.17) is 9.47 Å². The van der Waals surface area contributed by atoms with E-state index in [0.717, 1.165) is 45.8 Å². The van der Waals surface area contributed by atoms with Gasteiger partial charge < -0.3 is 9.47 Å². The number of methoxy groups -OCH3 is 1. The molecule has 0 N–H and O–H groups in total. The Morgan fingerprint density at radius 2 is 2.04 bits per heavy atom. The van der Waals surface area contributed by atoms with E-state index in [9.17, 15) is 5.26 Å². The maximum absolute atomic E-state index is 9.61. The molecule has 27 heavy (non-hydrogen) atoms. The first-order chi connectivity index (χ1) is 13.2. The van der Waals surface area contributed by atoms with Gasteiger partial charge in [-0.15, -0.1) is 11.3 Å². The molecule has 3 rings (SSSR count). The molecular weight excluding hydrogens is 356 g/mol. The molecule has 0 spiro atoms. The highest BCUT2D eigenvalue weighted by Gasteiger charge is 2.10. The van der Waals surface area contributed by atoms with E-state index >= 15 is 0 Å². The van der Waals surface area contributed by atoms with Crippen LogP contribution in [0.15, 0.2) is 42.5 Å². The van der Waals surface area contributed by atoms with E-state index in [-0.39, 0.29) is 0 Å². The van der Waals surface area contributed by atoms with Crippen LogP contribution in [0.2, 0.25) is 0 Å². The average molecular weight is 378 g/mol. The number of fused-ring (bicyclic) bond motifs is 1. The minimum absolute atomic E-state index is 0.537. The Labute approximate surface area is 163 Å². The molecule has 138 valence electrons. The zero-order chi connectivity index (χ0) is 19.1. The van der Waals surface area contributed by atoms with Crippen molar-refractivity contribution < 1.29 is 9.47 Å². The molecule has 0 aliphatic rings. The minimum Gasteiger partial charge on any atom is -0.493 e. The molecule has 0 saturated heterocycles. The molecule has 0 radical (unpaired) electrons. The highest BCUT2D eigenvalue weighted by Crippen LogP contribution is 2.32. The third-order valence-corrected chi connectivity index (χ3v) is 5.22. The maximum atomic E-state index is 9.61. The van der Waals surface area contributed by atoms with E-state index in [1.54, 1.807) is 7.11 Å². The fraction of sp³-hybridized carbons (Fsp3) is 0.273. The molecule has 0 atom stereocenters. The standard InChI is InChI=1S/C22H22N2O2S/c1-3-4-7-12-26-19-11-10-16(14-20(19)25-2)13-17(15-23)22-24-18-8-5-6-9-21(18)27-22/h5-6,8-11,13-14H,3-4,7,12H2,1-2H3/b17-13-. The number of benzene rings is 2. The molecule has 5 heteroatoms. The van der Waals surface area contributed by atoms with E-state index in [1.807, 2.05) is 48.5 Å².